The number of thiophene rings is 1. The number of likely N-dealkylation sites (tertiary alicyclic amines) is 1. The van der Waals surface area contributed by atoms with Crippen LogP contribution in [0.3, 0.4) is 0 Å². The summed E-state index contributed by atoms with van der Waals surface area (Å²) in [5.41, 5.74) is 1.76. The number of piperidine rings is 2. The van der Waals surface area contributed by atoms with Crippen molar-refractivity contribution in [2.75, 3.05) is 31.5 Å². The molecule has 39 heavy (non-hydrogen) atoms. The van der Waals surface area contributed by atoms with Crippen LogP contribution in [0, 0.1) is 0 Å². The molecule has 0 radical (unpaired) electrons. The van der Waals surface area contributed by atoms with Crippen LogP contribution in [-0.4, -0.2) is 72.5 Å². The van der Waals surface area contributed by atoms with Crippen LogP contribution in [0.25, 0.3) is 0 Å². The molecule has 3 aliphatic rings. The number of anilines is 1. The molecule has 210 valence electrons. The van der Waals surface area contributed by atoms with Gasteiger partial charge in [0.05, 0.1) is 17.0 Å². The van der Waals surface area contributed by atoms with Crippen molar-refractivity contribution in [3.63, 3.8) is 0 Å². The molecule has 1 N–H and O–H groups in total. The number of amides is 3. The molecule has 1 unspecified atom stereocenters. The van der Waals surface area contributed by atoms with Gasteiger partial charge < -0.3 is 15.1 Å². The Bertz CT molecular complexity index is 1360. The Hall–Kier alpha value is -2.76. The van der Waals surface area contributed by atoms with Crippen molar-refractivity contribution in [3.05, 3.63) is 45.8 Å². The predicted octanol–water partition coefficient (Wildman–Crippen LogP) is 4.09. The van der Waals surface area contributed by atoms with E-state index in [0.717, 1.165) is 49.0 Å². The van der Waals surface area contributed by atoms with E-state index in [1.165, 1.54) is 42.5 Å². The zero-order chi connectivity index (χ0) is 27.7. The first-order valence-electron chi connectivity index (χ1n) is 13.8. The summed E-state index contributed by atoms with van der Waals surface area (Å²) < 4.78 is 27.9. The molecule has 0 spiro atoms. The summed E-state index contributed by atoms with van der Waals surface area (Å²) in [4.78, 5) is 43.7. The lowest BCUT2D eigenvalue weighted by atomic mass is 10.0. The lowest BCUT2D eigenvalue weighted by Gasteiger charge is -2.32. The van der Waals surface area contributed by atoms with Gasteiger partial charge in [-0.25, -0.2) is 8.42 Å². The Kier molecular flexibility index (Phi) is 8.11. The van der Waals surface area contributed by atoms with Gasteiger partial charge in [-0.15, -0.1) is 11.3 Å². The van der Waals surface area contributed by atoms with Gasteiger partial charge in [-0.1, -0.05) is 6.42 Å². The van der Waals surface area contributed by atoms with Gasteiger partial charge in [0.1, 0.15) is 5.00 Å². The quantitative estimate of drug-likeness (QED) is 0.581. The molecule has 0 bridgehead atoms. The highest BCUT2D eigenvalue weighted by Crippen LogP contribution is 2.38. The summed E-state index contributed by atoms with van der Waals surface area (Å²) in [5, 5.41) is 3.44. The molecular formula is C28H36N4O5S2. The largest absolute Gasteiger partial charge is 0.339 e. The molecule has 11 heteroatoms. The fraction of sp³-hybridized carbons (Fsp3) is 0.536. The third-order valence-corrected chi connectivity index (χ3v) is 11.2. The highest BCUT2D eigenvalue weighted by atomic mass is 32.2. The maximum absolute atomic E-state index is 13.6. The number of sulfonamides is 1. The first kappa shape index (κ1) is 27.8. The molecule has 1 atom stereocenters. The summed E-state index contributed by atoms with van der Waals surface area (Å²) in [6, 6.07) is 5.96. The summed E-state index contributed by atoms with van der Waals surface area (Å²) in [6.45, 7) is 6.33. The van der Waals surface area contributed by atoms with Gasteiger partial charge in [-0.2, -0.15) is 4.31 Å². The fourth-order valence-corrected chi connectivity index (χ4v) is 8.71. The van der Waals surface area contributed by atoms with E-state index in [4.69, 9.17) is 0 Å². The van der Waals surface area contributed by atoms with E-state index in [0.29, 0.717) is 55.3 Å². The molecule has 3 amide bonds. The van der Waals surface area contributed by atoms with E-state index in [-0.39, 0.29) is 22.8 Å². The van der Waals surface area contributed by atoms with Gasteiger partial charge in [-0.3, -0.25) is 14.4 Å². The number of hydrogen-bond acceptors (Lipinski definition) is 6. The molecule has 4 heterocycles. The first-order valence-corrected chi connectivity index (χ1v) is 16.0. The second-order valence-corrected chi connectivity index (χ2v) is 13.7. The number of fused-ring (bicyclic) bond motifs is 1. The number of carbonyl (C=O) groups excluding carboxylic acids is 3. The molecule has 2 saturated heterocycles. The minimum atomic E-state index is -3.64. The maximum Gasteiger partial charge on any atom is 0.257 e. The maximum atomic E-state index is 13.6. The molecule has 2 fully saturated rings. The predicted molar refractivity (Wildman–Crippen MR) is 150 cm³/mol. The smallest absolute Gasteiger partial charge is 0.257 e. The zero-order valence-corrected chi connectivity index (χ0v) is 24.2. The average molecular weight is 573 g/mol. The van der Waals surface area contributed by atoms with Gasteiger partial charge >= 0.3 is 0 Å². The topological polar surface area (TPSA) is 107 Å². The Balaban J connectivity index is 1.39. The van der Waals surface area contributed by atoms with Crippen LogP contribution >= 0.6 is 11.3 Å². The van der Waals surface area contributed by atoms with Crippen LogP contribution < -0.4 is 5.32 Å². The summed E-state index contributed by atoms with van der Waals surface area (Å²) >= 11 is 1.35. The van der Waals surface area contributed by atoms with Crippen molar-refractivity contribution < 1.29 is 22.8 Å². The van der Waals surface area contributed by atoms with Gasteiger partial charge in [0, 0.05) is 49.6 Å². The molecule has 2 aromatic rings. The van der Waals surface area contributed by atoms with Gasteiger partial charge in [-0.05, 0) is 75.3 Å². The molecule has 0 aliphatic carbocycles. The van der Waals surface area contributed by atoms with Crippen LogP contribution in [-0.2, 0) is 27.8 Å². The van der Waals surface area contributed by atoms with Crippen molar-refractivity contribution in [1.82, 2.24) is 14.1 Å². The van der Waals surface area contributed by atoms with Crippen LogP contribution in [0.5, 0.6) is 0 Å². The van der Waals surface area contributed by atoms with Crippen LogP contribution in [0.15, 0.2) is 29.2 Å². The summed E-state index contributed by atoms with van der Waals surface area (Å²) in [5.74, 6) is -0.492. The lowest BCUT2D eigenvalue weighted by Crippen LogP contribution is -2.41. The minimum absolute atomic E-state index is 0.0162. The normalized spacial score (nSPS) is 20.4. The molecular weight excluding hydrogens is 536 g/mol. The molecule has 1 aromatic heterocycles. The Morgan fingerprint density at radius 2 is 1.62 bits per heavy atom. The van der Waals surface area contributed by atoms with E-state index >= 15 is 0 Å². The second-order valence-electron chi connectivity index (χ2n) is 10.7. The number of nitrogens with zero attached hydrogens (tertiary/aromatic N) is 3. The lowest BCUT2D eigenvalue weighted by molar-refractivity contribution is -0.129. The number of nitrogens with one attached hydrogen (secondary N) is 1. The number of carbonyl (C=O) groups is 3. The standard InChI is InChI=1S/C28H36N4O5S2/c1-19-8-4-7-16-32(19)39(36,37)22-11-9-21(10-12-22)26(34)29-27-25(28(35)30-14-5-3-6-15-30)23-13-17-31(20(2)33)18-24(23)38-27/h9-12,19H,3-8,13-18H2,1-2H3,(H,29,34). The third-order valence-electron chi connectivity index (χ3n) is 8.05. The summed E-state index contributed by atoms with van der Waals surface area (Å²) in [7, 11) is -3.64. The zero-order valence-electron chi connectivity index (χ0n) is 22.6. The van der Waals surface area contributed by atoms with Gasteiger partial charge in [0.25, 0.3) is 11.8 Å². The van der Waals surface area contributed by atoms with E-state index in [1.807, 2.05) is 11.8 Å². The van der Waals surface area contributed by atoms with E-state index in [1.54, 1.807) is 9.21 Å². The third kappa shape index (κ3) is 5.62. The van der Waals surface area contributed by atoms with Crippen molar-refractivity contribution >= 4 is 44.1 Å². The van der Waals surface area contributed by atoms with E-state index in [9.17, 15) is 22.8 Å². The van der Waals surface area contributed by atoms with E-state index in [2.05, 4.69) is 5.32 Å². The number of hydrogen-bond donors (Lipinski definition) is 1. The van der Waals surface area contributed by atoms with Crippen LogP contribution in [0.1, 0.15) is 83.5 Å². The average Bonchev–Trinajstić information content (AvgIpc) is 3.30. The van der Waals surface area contributed by atoms with Crippen molar-refractivity contribution in [1.29, 1.82) is 0 Å². The summed E-state index contributed by atoms with van der Waals surface area (Å²) in [6.07, 6.45) is 6.30. The first-order chi connectivity index (χ1) is 18.7. The highest BCUT2D eigenvalue weighted by molar-refractivity contribution is 7.89. The molecule has 3 aliphatic heterocycles. The van der Waals surface area contributed by atoms with Crippen LogP contribution in [0.4, 0.5) is 5.00 Å². The van der Waals surface area contributed by atoms with Crippen molar-refractivity contribution in [2.24, 2.45) is 0 Å². The number of benzene rings is 1. The number of rotatable bonds is 5. The van der Waals surface area contributed by atoms with Crippen molar-refractivity contribution in [2.45, 2.75) is 76.3 Å². The van der Waals surface area contributed by atoms with Gasteiger partial charge in [0.15, 0.2) is 0 Å². The van der Waals surface area contributed by atoms with Gasteiger partial charge in [0.2, 0.25) is 15.9 Å². The molecule has 0 saturated carbocycles. The molecule has 9 nitrogen and oxygen atoms in total. The Morgan fingerprint density at radius 1 is 0.923 bits per heavy atom. The minimum Gasteiger partial charge on any atom is -0.339 e. The molecule has 1 aromatic carbocycles. The highest BCUT2D eigenvalue weighted by Gasteiger charge is 2.33. The van der Waals surface area contributed by atoms with Crippen molar-refractivity contribution in [3.8, 4) is 0 Å². The second kappa shape index (κ2) is 11.4. The SMILES string of the molecule is CC(=O)N1CCc2c(sc(NC(=O)c3ccc(S(=O)(=O)N4CCCCC4C)cc3)c2C(=O)N2CCCCC2)C1. The monoisotopic (exact) mass is 572 g/mol. The Morgan fingerprint density at radius 3 is 2.28 bits per heavy atom. The fourth-order valence-electron chi connectivity index (χ4n) is 5.76. The van der Waals surface area contributed by atoms with Crippen LogP contribution in [0.2, 0.25) is 0 Å². The Labute approximate surface area is 234 Å². The van der Waals surface area contributed by atoms with E-state index < -0.39 is 15.9 Å². The molecule has 5 rings (SSSR count).